The highest BCUT2D eigenvalue weighted by Gasteiger charge is 2.18. The third kappa shape index (κ3) is 4.71. The zero-order valence-corrected chi connectivity index (χ0v) is 7.34. The standard InChI is InChI=1S/C8H15NO3/c1-5(2)4-7(8(11)12)9-6(3)10/h5,7H,4H2,1-3H3,(H,9,10)(H,11,12)/i4D,5D,7D/t4-,7?/m0/s1. The summed E-state index contributed by atoms with van der Waals surface area (Å²) in [6.45, 7) is 3.70. The highest BCUT2D eigenvalue weighted by atomic mass is 16.4. The maximum Gasteiger partial charge on any atom is 0.326 e. The Labute approximate surface area is 76.2 Å². The summed E-state index contributed by atoms with van der Waals surface area (Å²) in [5.41, 5.74) is 0. The van der Waals surface area contributed by atoms with Crippen LogP contribution in [0.3, 0.4) is 0 Å². The van der Waals surface area contributed by atoms with E-state index in [4.69, 9.17) is 9.22 Å². The lowest BCUT2D eigenvalue weighted by molar-refractivity contribution is -0.142. The maximum absolute atomic E-state index is 10.8. The topological polar surface area (TPSA) is 66.4 Å². The lowest BCUT2D eigenvalue weighted by atomic mass is 10.0. The van der Waals surface area contributed by atoms with E-state index in [-0.39, 0.29) is 0 Å². The zero-order chi connectivity index (χ0) is 12.4. The van der Waals surface area contributed by atoms with Crippen LogP contribution >= 0.6 is 0 Å². The molecule has 0 saturated carbocycles. The molecule has 0 aromatic rings. The Morgan fingerprint density at radius 2 is 2.17 bits per heavy atom. The summed E-state index contributed by atoms with van der Waals surface area (Å²) in [5, 5.41) is 10.7. The van der Waals surface area contributed by atoms with Crippen molar-refractivity contribution in [1.29, 1.82) is 0 Å². The van der Waals surface area contributed by atoms with Crippen LogP contribution in [0.2, 0.25) is 0 Å². The number of aliphatic carboxylic acids is 1. The quantitative estimate of drug-likeness (QED) is 0.660. The van der Waals surface area contributed by atoms with Crippen molar-refractivity contribution >= 4 is 11.9 Å². The van der Waals surface area contributed by atoms with E-state index in [1.165, 1.54) is 13.8 Å². The van der Waals surface area contributed by atoms with Crippen molar-refractivity contribution in [2.45, 2.75) is 33.2 Å². The van der Waals surface area contributed by atoms with Gasteiger partial charge < -0.3 is 10.4 Å². The summed E-state index contributed by atoms with van der Waals surface area (Å²) in [6.07, 6.45) is -1.59. The molecule has 0 aliphatic carbocycles. The average Bonchev–Trinajstić information content (AvgIpc) is 1.99. The summed E-state index contributed by atoms with van der Waals surface area (Å²) >= 11 is 0. The van der Waals surface area contributed by atoms with Gasteiger partial charge in [0.15, 0.2) is 0 Å². The normalized spacial score (nSPS) is 22.4. The van der Waals surface area contributed by atoms with E-state index in [9.17, 15) is 9.59 Å². The van der Waals surface area contributed by atoms with Gasteiger partial charge in [-0.15, -0.1) is 0 Å². The molecule has 0 heterocycles. The van der Waals surface area contributed by atoms with Crippen LogP contribution in [0.15, 0.2) is 0 Å². The third-order valence-corrected chi connectivity index (χ3v) is 0.974. The minimum Gasteiger partial charge on any atom is -0.480 e. The van der Waals surface area contributed by atoms with Gasteiger partial charge in [-0.3, -0.25) is 4.79 Å². The first-order chi connectivity index (χ1) is 6.51. The minimum atomic E-state index is -2.49. The SMILES string of the molecule is [2H][C@@H](C([2H])(C)C)C([2H])(NC(C)=O)C(=O)O. The summed E-state index contributed by atoms with van der Waals surface area (Å²) in [6, 6.07) is -2.49. The van der Waals surface area contributed by atoms with Crippen LogP contribution in [-0.4, -0.2) is 23.0 Å². The molecule has 0 fully saturated rings. The van der Waals surface area contributed by atoms with Crippen LogP contribution < -0.4 is 5.32 Å². The number of carboxylic acids is 1. The lowest BCUT2D eigenvalue weighted by Crippen LogP contribution is -2.40. The van der Waals surface area contributed by atoms with Crippen molar-refractivity contribution in [2.24, 2.45) is 5.89 Å². The van der Waals surface area contributed by atoms with Gasteiger partial charge in [-0.1, -0.05) is 13.8 Å². The minimum absolute atomic E-state index is 0.714. The molecule has 4 heteroatoms. The van der Waals surface area contributed by atoms with E-state index in [0.717, 1.165) is 6.92 Å². The summed E-state index contributed by atoms with van der Waals surface area (Å²) in [5.74, 6) is -3.81. The molecule has 0 rings (SSSR count). The van der Waals surface area contributed by atoms with E-state index < -0.39 is 30.2 Å². The highest BCUT2D eigenvalue weighted by Crippen LogP contribution is 2.04. The molecule has 0 aromatic heterocycles. The second-order valence-electron chi connectivity index (χ2n) is 2.62. The number of carbonyl (C=O) groups excluding carboxylic acids is 1. The Morgan fingerprint density at radius 3 is 2.42 bits per heavy atom. The Kier molecular flexibility index (Phi) is 2.55. The smallest absolute Gasteiger partial charge is 0.326 e. The molecule has 0 aliphatic rings. The Hall–Kier alpha value is -1.06. The first kappa shape index (κ1) is 6.46. The van der Waals surface area contributed by atoms with Gasteiger partial charge in [-0.05, 0) is 12.3 Å². The van der Waals surface area contributed by atoms with Crippen molar-refractivity contribution in [3.05, 3.63) is 0 Å². The van der Waals surface area contributed by atoms with Gasteiger partial charge in [0.05, 0.1) is 1.37 Å². The summed E-state index contributed by atoms with van der Waals surface area (Å²) < 4.78 is 22.6. The van der Waals surface area contributed by atoms with Crippen LogP contribution in [0.5, 0.6) is 0 Å². The second-order valence-corrected chi connectivity index (χ2v) is 2.62. The molecular formula is C8H15NO3. The molecule has 0 aliphatic heterocycles. The van der Waals surface area contributed by atoms with Gasteiger partial charge in [-0.25, -0.2) is 4.79 Å². The van der Waals surface area contributed by atoms with Crippen molar-refractivity contribution in [1.82, 2.24) is 5.32 Å². The number of carboxylic acid groups (broad SMARTS) is 1. The molecule has 1 unspecified atom stereocenters. The molecule has 0 aromatic carbocycles. The number of rotatable bonds is 4. The van der Waals surface area contributed by atoms with Crippen molar-refractivity contribution in [3.8, 4) is 0 Å². The molecule has 0 spiro atoms. The van der Waals surface area contributed by atoms with E-state index in [1.807, 2.05) is 5.32 Å². The van der Waals surface area contributed by atoms with E-state index in [0.29, 0.717) is 0 Å². The molecule has 12 heavy (non-hydrogen) atoms. The molecule has 0 radical (unpaired) electrons. The van der Waals surface area contributed by atoms with E-state index >= 15 is 0 Å². The Morgan fingerprint density at radius 1 is 1.67 bits per heavy atom. The van der Waals surface area contributed by atoms with Crippen LogP contribution in [0, 0.1) is 5.89 Å². The zero-order valence-electron chi connectivity index (χ0n) is 10.3. The monoisotopic (exact) mass is 176 g/mol. The fourth-order valence-corrected chi connectivity index (χ4v) is 0.630. The molecule has 2 atom stereocenters. The van der Waals surface area contributed by atoms with Crippen molar-refractivity contribution in [2.75, 3.05) is 0 Å². The number of carbonyl (C=O) groups is 2. The summed E-state index contributed by atoms with van der Waals surface area (Å²) in [4.78, 5) is 21.6. The average molecular weight is 176 g/mol. The predicted molar refractivity (Wildman–Crippen MR) is 44.7 cm³/mol. The first-order valence-electron chi connectivity index (χ1n) is 5.04. The maximum atomic E-state index is 10.8. The molecule has 1 amide bonds. The molecule has 70 valence electrons. The first-order valence-corrected chi connectivity index (χ1v) is 3.46. The second kappa shape index (κ2) is 4.74. The Bertz CT molecular complexity index is 277. The summed E-state index contributed by atoms with van der Waals surface area (Å²) in [7, 11) is 0. The van der Waals surface area contributed by atoms with Crippen LogP contribution in [0.4, 0.5) is 0 Å². The van der Waals surface area contributed by atoms with Gasteiger partial charge in [0.1, 0.15) is 6.02 Å². The van der Waals surface area contributed by atoms with Gasteiger partial charge in [-0.2, -0.15) is 0 Å². The van der Waals surface area contributed by atoms with Crippen molar-refractivity contribution < 1.29 is 18.8 Å². The fourth-order valence-electron chi connectivity index (χ4n) is 0.630. The van der Waals surface area contributed by atoms with Crippen LogP contribution in [0.1, 0.15) is 31.3 Å². The molecule has 0 bridgehead atoms. The number of hydrogen-bond donors (Lipinski definition) is 2. The molecule has 0 saturated heterocycles. The number of nitrogens with one attached hydrogen (secondary N) is 1. The van der Waals surface area contributed by atoms with Crippen LogP contribution in [-0.2, 0) is 9.59 Å². The molecular weight excluding hydrogens is 158 g/mol. The largest absolute Gasteiger partial charge is 0.480 e. The predicted octanol–water partition coefficient (Wildman–Crippen LogP) is 0.622. The molecule has 2 N–H and O–H groups in total. The Balaban J connectivity index is 5.12. The lowest BCUT2D eigenvalue weighted by Gasteiger charge is -2.14. The molecule has 4 nitrogen and oxygen atoms in total. The fraction of sp³-hybridized carbons (Fsp3) is 0.750. The third-order valence-electron chi connectivity index (χ3n) is 0.974. The highest BCUT2D eigenvalue weighted by molar-refractivity contribution is 5.81. The number of hydrogen-bond acceptors (Lipinski definition) is 2. The van der Waals surface area contributed by atoms with E-state index in [1.54, 1.807) is 0 Å². The van der Waals surface area contributed by atoms with Crippen molar-refractivity contribution in [3.63, 3.8) is 0 Å². The van der Waals surface area contributed by atoms with Gasteiger partial charge >= 0.3 is 5.97 Å². The van der Waals surface area contributed by atoms with Gasteiger partial charge in [0.25, 0.3) is 0 Å². The van der Waals surface area contributed by atoms with Gasteiger partial charge in [0.2, 0.25) is 5.91 Å². The number of amides is 1. The van der Waals surface area contributed by atoms with Crippen LogP contribution in [0.25, 0.3) is 0 Å². The van der Waals surface area contributed by atoms with Gasteiger partial charge in [0, 0.05) is 9.67 Å². The van der Waals surface area contributed by atoms with E-state index in [2.05, 4.69) is 0 Å².